The largest absolute Gasteiger partial charge is 1.00 e. The van der Waals surface area contributed by atoms with Crippen LogP contribution in [-0.4, -0.2) is 183 Å². The first-order valence-corrected chi connectivity index (χ1v) is 19.9. The molecule has 4 aromatic rings. The monoisotopic (exact) mass is 954 g/mol. The summed E-state index contributed by atoms with van der Waals surface area (Å²) in [5.41, 5.74) is 0.157. The third kappa shape index (κ3) is 10.4. The van der Waals surface area contributed by atoms with Gasteiger partial charge in [0, 0.05) is 30.3 Å². The number of hydrogen-bond donors (Lipinski definition) is 14. The van der Waals surface area contributed by atoms with Gasteiger partial charge in [-0.1, -0.05) is 12.1 Å². The zero-order valence-electron chi connectivity index (χ0n) is 34.2. The molecule has 3 aromatic carbocycles. The van der Waals surface area contributed by atoms with E-state index in [0.29, 0.717) is 5.56 Å². The lowest BCUT2D eigenvalue weighted by molar-refractivity contribution is -0.319. The molecule has 0 saturated carbocycles. The molecule has 0 amide bonds. The highest BCUT2D eigenvalue weighted by Crippen LogP contribution is 2.45. The molecular formula is C42H47ClO23. The van der Waals surface area contributed by atoms with E-state index in [4.69, 9.17) is 37.6 Å². The minimum atomic E-state index is -2.03. The van der Waals surface area contributed by atoms with Crippen LogP contribution in [0.2, 0.25) is 0 Å². The van der Waals surface area contributed by atoms with Gasteiger partial charge in [0.25, 0.3) is 0 Å². The molecule has 3 saturated heterocycles. The quantitative estimate of drug-likeness (QED) is 0.0275. The minimum absolute atomic E-state index is 0. The van der Waals surface area contributed by atoms with E-state index in [-0.39, 0.29) is 46.2 Å². The van der Waals surface area contributed by atoms with Crippen LogP contribution in [0.15, 0.2) is 65.1 Å². The van der Waals surface area contributed by atoms with Gasteiger partial charge in [0.05, 0.1) is 30.9 Å². The molecule has 1 aromatic heterocycles. The summed E-state index contributed by atoms with van der Waals surface area (Å²) in [4.78, 5) is 12.6. The fraction of sp³-hybridized carbons (Fsp3) is 0.429. The first-order chi connectivity index (χ1) is 30.8. The van der Waals surface area contributed by atoms with Gasteiger partial charge in [-0.25, -0.2) is 9.21 Å². The maximum Gasteiger partial charge on any atom is 0.402 e. The number of esters is 1. The van der Waals surface area contributed by atoms with E-state index in [0.717, 1.165) is 36.4 Å². The van der Waals surface area contributed by atoms with Crippen molar-refractivity contribution in [2.24, 2.45) is 0 Å². The molecule has 14 N–H and O–H groups in total. The van der Waals surface area contributed by atoms with Crippen molar-refractivity contribution in [3.63, 3.8) is 0 Å². The number of carbonyl (C=O) groups is 1. The molecule has 7 rings (SSSR count). The number of fused-ring (bicyclic) bond motifs is 1. The summed E-state index contributed by atoms with van der Waals surface area (Å²) in [5.74, 6) is -5.06. The van der Waals surface area contributed by atoms with E-state index in [9.17, 15) is 76.3 Å². The number of ether oxygens (including phenoxy) is 7. The molecule has 15 atom stereocenters. The maximum atomic E-state index is 12.6. The van der Waals surface area contributed by atoms with Crippen molar-refractivity contribution >= 4 is 23.0 Å². The van der Waals surface area contributed by atoms with E-state index in [2.05, 4.69) is 0 Å². The Morgan fingerprint density at radius 3 is 1.86 bits per heavy atom. The Hall–Kier alpha value is -5.35. The molecule has 24 heteroatoms. The highest BCUT2D eigenvalue weighted by molar-refractivity contribution is 5.89. The second-order valence-corrected chi connectivity index (χ2v) is 15.5. The van der Waals surface area contributed by atoms with Gasteiger partial charge in [0.2, 0.25) is 18.3 Å². The lowest BCUT2D eigenvalue weighted by Crippen LogP contribution is -3.00. The van der Waals surface area contributed by atoms with Gasteiger partial charge in [-0.2, -0.15) is 0 Å². The topological polar surface area (TPSA) is 376 Å². The molecule has 3 aliphatic rings. The van der Waals surface area contributed by atoms with Crippen molar-refractivity contribution in [1.82, 2.24) is 0 Å². The summed E-state index contributed by atoms with van der Waals surface area (Å²) in [6.07, 6.45) is -23.3. The second kappa shape index (κ2) is 20.7. The number of aliphatic hydroxyl groups excluding tert-OH is 9. The fourth-order valence-corrected chi connectivity index (χ4v) is 7.28. The molecule has 3 fully saturated rings. The third-order valence-corrected chi connectivity index (χ3v) is 10.9. The van der Waals surface area contributed by atoms with Crippen molar-refractivity contribution in [2.45, 2.75) is 99.0 Å². The molecule has 0 spiro atoms. The number of hydrogen-bond acceptors (Lipinski definition) is 22. The van der Waals surface area contributed by atoms with Crippen molar-refractivity contribution in [2.75, 3.05) is 13.2 Å². The van der Waals surface area contributed by atoms with E-state index >= 15 is 0 Å². The van der Waals surface area contributed by atoms with Gasteiger partial charge >= 0.3 is 17.3 Å². The first kappa shape index (κ1) is 50.1. The number of carbonyl (C=O) groups excluding carboxylic acids is 1. The number of phenolic OH excluding ortho intramolecular Hbond substituents is 5. The predicted molar refractivity (Wildman–Crippen MR) is 214 cm³/mol. The zero-order valence-corrected chi connectivity index (χ0v) is 35.0. The minimum Gasteiger partial charge on any atom is -1.00 e. The number of aliphatic hydroxyl groups is 9. The van der Waals surface area contributed by atoms with Crippen molar-refractivity contribution in [1.29, 1.82) is 0 Å². The highest BCUT2D eigenvalue weighted by Gasteiger charge is 2.50. The smallest absolute Gasteiger partial charge is 0.402 e. The average molecular weight is 955 g/mol. The number of phenols is 5. The Bertz CT molecular complexity index is 2320. The molecule has 360 valence electrons. The van der Waals surface area contributed by atoms with Gasteiger partial charge in [0.1, 0.15) is 83.7 Å². The van der Waals surface area contributed by atoms with Crippen molar-refractivity contribution < 1.29 is 126 Å². The maximum absolute atomic E-state index is 12.6. The Morgan fingerprint density at radius 2 is 1.24 bits per heavy atom. The number of rotatable bonds is 12. The van der Waals surface area contributed by atoms with Gasteiger partial charge in [-0.05, 0) is 30.7 Å². The summed E-state index contributed by atoms with van der Waals surface area (Å²) < 4.78 is 45.8. The van der Waals surface area contributed by atoms with Crippen LogP contribution in [0.4, 0.5) is 0 Å². The number of benzene rings is 3. The van der Waals surface area contributed by atoms with Crippen LogP contribution in [0.1, 0.15) is 12.5 Å². The Kier molecular flexibility index (Phi) is 15.7. The standard InChI is InChI=1S/C42H46O23.ClH/c1-15-38(65-28(48)7-4-16-2-5-18(44)6-3-16)34(54)37(57)40(59-15)58-14-27-31(51)33(53)36(56)42(64-27)62-25-12-20-23(60-39(25)17-8-21(46)29(49)22(47)9-17)10-19(45)11-24(20)61-41-35(55)32(52)30(50)26(13-43)63-41;/h2-12,15,26-27,30-38,40-43,50-57H,13-14H2,1H3,(H4-,44,45,46,47,48,49);1H/t15-,26+,27+,30+,31+,32-,33-,34-,35+,36+,37+,38-,40-,41+,42+;/m0./s1. The molecule has 0 bridgehead atoms. The second-order valence-electron chi connectivity index (χ2n) is 15.5. The molecule has 3 aliphatic heterocycles. The summed E-state index contributed by atoms with van der Waals surface area (Å²) in [5, 5.41) is 146. The molecule has 0 unspecified atom stereocenters. The SMILES string of the molecule is C[C@@H]1O[C@H](OC[C@H]2O[C@@H](Oc3cc4c(O[C@@H]5O[C@H](CO)[C@@H](O)[C@H](O)[C@H]5O)cc(O)cc4[o+]c3-c3cc(O)c(O)c(O)c3)[C@H](O)[C@@H](O)[C@@H]2O)[C@H](O)[C@H](O)[C@H]1OC(=O)/C=C/c1ccc(O)cc1.[Cl-]. The fourth-order valence-electron chi connectivity index (χ4n) is 7.28. The predicted octanol–water partition coefficient (Wildman–Crippen LogP) is -4.61. The third-order valence-electron chi connectivity index (χ3n) is 10.9. The lowest BCUT2D eigenvalue weighted by Gasteiger charge is -2.42. The van der Waals surface area contributed by atoms with Gasteiger partial charge in [0.15, 0.2) is 29.6 Å². The molecular weight excluding hydrogens is 908 g/mol. The van der Waals surface area contributed by atoms with Crippen LogP contribution in [0, 0.1) is 0 Å². The Labute approximate surface area is 378 Å². The highest BCUT2D eigenvalue weighted by atomic mass is 35.5. The van der Waals surface area contributed by atoms with Crippen LogP contribution >= 0.6 is 0 Å². The van der Waals surface area contributed by atoms with Crippen LogP contribution < -0.4 is 21.9 Å². The van der Waals surface area contributed by atoms with E-state index < -0.39 is 140 Å². The average Bonchev–Trinajstić information content (AvgIpc) is 3.27. The van der Waals surface area contributed by atoms with Crippen LogP contribution in [-0.2, 0) is 28.5 Å². The van der Waals surface area contributed by atoms with Gasteiger partial charge in [-0.3, -0.25) is 0 Å². The first-order valence-electron chi connectivity index (χ1n) is 19.9. The van der Waals surface area contributed by atoms with Gasteiger partial charge < -0.3 is 117 Å². The summed E-state index contributed by atoms with van der Waals surface area (Å²) >= 11 is 0. The molecule has 0 aliphatic carbocycles. The summed E-state index contributed by atoms with van der Waals surface area (Å²) in [6.45, 7) is -0.0677. The van der Waals surface area contributed by atoms with Gasteiger partial charge in [-0.15, -0.1) is 0 Å². The Balaban J connectivity index is 0.00000720. The molecule has 66 heavy (non-hydrogen) atoms. The van der Waals surface area contributed by atoms with E-state index in [1.807, 2.05) is 0 Å². The van der Waals surface area contributed by atoms with E-state index in [1.54, 1.807) is 0 Å². The van der Waals surface area contributed by atoms with Crippen LogP contribution in [0.3, 0.4) is 0 Å². The molecule has 23 nitrogen and oxygen atoms in total. The lowest BCUT2D eigenvalue weighted by atomic mass is 9.98. The van der Waals surface area contributed by atoms with E-state index in [1.165, 1.54) is 37.3 Å². The Morgan fingerprint density at radius 1 is 0.667 bits per heavy atom. The molecule has 0 radical (unpaired) electrons. The van der Waals surface area contributed by atoms with Crippen molar-refractivity contribution in [3.05, 3.63) is 66.2 Å². The number of halogens is 1. The van der Waals surface area contributed by atoms with Crippen LogP contribution in [0.5, 0.6) is 40.2 Å². The summed E-state index contributed by atoms with van der Waals surface area (Å²) in [6, 6.07) is 11.1. The zero-order chi connectivity index (χ0) is 47.0. The van der Waals surface area contributed by atoms with Crippen LogP contribution in [0.25, 0.3) is 28.4 Å². The number of aromatic hydroxyl groups is 5. The molecule has 4 heterocycles. The normalized spacial score (nSPS) is 32.4. The summed E-state index contributed by atoms with van der Waals surface area (Å²) in [7, 11) is 0. The van der Waals surface area contributed by atoms with Crippen molar-refractivity contribution in [3.8, 4) is 51.6 Å².